The lowest BCUT2D eigenvalue weighted by Gasteiger charge is -2.07. The summed E-state index contributed by atoms with van der Waals surface area (Å²) < 4.78 is 0. The molecule has 1 heterocycles. The molecule has 2 aromatic rings. The summed E-state index contributed by atoms with van der Waals surface area (Å²) in [5, 5.41) is 9.16. The predicted octanol–water partition coefficient (Wildman–Crippen LogP) is 4.14. The number of aryl methyl sites for hydroxylation is 2. The van der Waals surface area contributed by atoms with Crippen molar-refractivity contribution in [3.63, 3.8) is 0 Å². The van der Waals surface area contributed by atoms with E-state index in [9.17, 15) is 0 Å². The van der Waals surface area contributed by atoms with Gasteiger partial charge in [-0.3, -0.25) is 0 Å². The van der Waals surface area contributed by atoms with Crippen LogP contribution in [-0.2, 0) is 6.42 Å². The third-order valence-corrected chi connectivity index (χ3v) is 3.21. The Labute approximate surface area is 112 Å². The third-order valence-electron chi connectivity index (χ3n) is 2.92. The topological polar surface area (TPSA) is 36.7 Å². The van der Waals surface area contributed by atoms with Crippen molar-refractivity contribution in [1.29, 1.82) is 5.26 Å². The highest BCUT2D eigenvalue weighted by Gasteiger charge is 2.09. The molecule has 18 heavy (non-hydrogen) atoms. The Bertz CT molecular complexity index is 610. The van der Waals surface area contributed by atoms with Crippen LogP contribution in [0.25, 0.3) is 11.3 Å². The minimum atomic E-state index is 0.262. The van der Waals surface area contributed by atoms with Gasteiger partial charge in [0.05, 0.1) is 11.3 Å². The van der Waals surface area contributed by atoms with Crippen LogP contribution in [0.3, 0.4) is 0 Å². The third kappa shape index (κ3) is 2.37. The lowest BCUT2D eigenvalue weighted by atomic mass is 10.0. The van der Waals surface area contributed by atoms with Gasteiger partial charge in [-0.05, 0) is 30.5 Å². The second-order valence-electron chi connectivity index (χ2n) is 4.15. The van der Waals surface area contributed by atoms with Gasteiger partial charge in [0.25, 0.3) is 0 Å². The van der Waals surface area contributed by atoms with Gasteiger partial charge in [-0.25, -0.2) is 4.98 Å². The lowest BCUT2D eigenvalue weighted by molar-refractivity contribution is 1.14. The molecule has 0 saturated carbocycles. The van der Waals surface area contributed by atoms with E-state index in [1.165, 1.54) is 5.56 Å². The van der Waals surface area contributed by atoms with Crippen LogP contribution >= 0.6 is 11.6 Å². The minimum absolute atomic E-state index is 0.262. The molecule has 1 aromatic carbocycles. The van der Waals surface area contributed by atoms with Crippen molar-refractivity contribution in [2.75, 3.05) is 0 Å². The lowest BCUT2D eigenvalue weighted by Crippen LogP contribution is -1.92. The van der Waals surface area contributed by atoms with E-state index < -0.39 is 0 Å². The zero-order valence-corrected chi connectivity index (χ0v) is 11.1. The van der Waals surface area contributed by atoms with Crippen LogP contribution in [0.5, 0.6) is 0 Å². The van der Waals surface area contributed by atoms with Crippen LogP contribution in [0.1, 0.15) is 23.6 Å². The van der Waals surface area contributed by atoms with E-state index in [4.69, 9.17) is 16.9 Å². The highest BCUT2D eigenvalue weighted by atomic mass is 35.5. The van der Waals surface area contributed by atoms with Gasteiger partial charge in [0.1, 0.15) is 11.2 Å². The van der Waals surface area contributed by atoms with Crippen LogP contribution in [-0.4, -0.2) is 4.98 Å². The Balaban J connectivity index is 2.50. The number of nitrogens with zero attached hydrogens (tertiary/aromatic N) is 2. The van der Waals surface area contributed by atoms with Crippen molar-refractivity contribution in [2.45, 2.75) is 20.3 Å². The Morgan fingerprint density at radius 2 is 1.94 bits per heavy atom. The number of halogens is 1. The number of nitriles is 1. The summed E-state index contributed by atoms with van der Waals surface area (Å²) in [6, 6.07) is 12.1. The summed E-state index contributed by atoms with van der Waals surface area (Å²) in [7, 11) is 0. The molecule has 0 amide bonds. The fraction of sp³-hybridized carbons (Fsp3) is 0.200. The number of hydrogen-bond donors (Lipinski definition) is 0. The Kier molecular flexibility index (Phi) is 3.64. The molecule has 2 rings (SSSR count). The smallest absolute Gasteiger partial charge is 0.147 e. The average molecular weight is 257 g/mol. The number of aromatic nitrogens is 1. The summed E-state index contributed by atoms with van der Waals surface area (Å²) in [5.41, 5.74) is 4.53. The number of hydrogen-bond acceptors (Lipinski definition) is 2. The van der Waals surface area contributed by atoms with Crippen molar-refractivity contribution < 1.29 is 0 Å². The maximum atomic E-state index is 8.90. The second-order valence-corrected chi connectivity index (χ2v) is 4.51. The fourth-order valence-corrected chi connectivity index (χ4v) is 2.04. The minimum Gasteiger partial charge on any atom is -0.234 e. The van der Waals surface area contributed by atoms with Gasteiger partial charge in [-0.15, -0.1) is 0 Å². The highest BCUT2D eigenvalue weighted by Crippen LogP contribution is 2.25. The fourth-order valence-electron chi connectivity index (χ4n) is 1.86. The van der Waals surface area contributed by atoms with E-state index in [1.54, 1.807) is 6.07 Å². The normalized spacial score (nSPS) is 10.1. The number of rotatable bonds is 2. The molecule has 1 aromatic heterocycles. The summed E-state index contributed by atoms with van der Waals surface area (Å²) in [5.74, 6) is 0. The van der Waals surface area contributed by atoms with Gasteiger partial charge in [-0.1, -0.05) is 42.8 Å². The molecule has 0 unspecified atom stereocenters. The molecule has 0 aliphatic carbocycles. The molecular weight excluding hydrogens is 244 g/mol. The van der Waals surface area contributed by atoms with Gasteiger partial charge in [0.15, 0.2) is 0 Å². The average Bonchev–Trinajstić information content (AvgIpc) is 2.41. The first-order valence-corrected chi connectivity index (χ1v) is 6.20. The van der Waals surface area contributed by atoms with E-state index in [-0.39, 0.29) is 5.15 Å². The van der Waals surface area contributed by atoms with E-state index >= 15 is 0 Å². The zero-order valence-electron chi connectivity index (χ0n) is 10.4. The van der Waals surface area contributed by atoms with Gasteiger partial charge in [-0.2, -0.15) is 5.26 Å². The van der Waals surface area contributed by atoms with Crippen molar-refractivity contribution in [1.82, 2.24) is 4.98 Å². The number of benzene rings is 1. The monoisotopic (exact) mass is 256 g/mol. The number of pyridine rings is 1. The summed E-state index contributed by atoms with van der Waals surface area (Å²) in [6.07, 6.45) is 1.01. The molecule has 90 valence electrons. The van der Waals surface area contributed by atoms with Crippen LogP contribution in [0.2, 0.25) is 5.15 Å². The summed E-state index contributed by atoms with van der Waals surface area (Å²) in [6.45, 7) is 4.06. The predicted molar refractivity (Wildman–Crippen MR) is 73.5 cm³/mol. The summed E-state index contributed by atoms with van der Waals surface area (Å²) >= 11 is 5.98. The van der Waals surface area contributed by atoms with Crippen molar-refractivity contribution >= 4 is 11.6 Å². The Morgan fingerprint density at radius 3 is 2.50 bits per heavy atom. The van der Waals surface area contributed by atoms with Gasteiger partial charge < -0.3 is 0 Å². The zero-order chi connectivity index (χ0) is 13.1. The van der Waals surface area contributed by atoms with Crippen LogP contribution in [0.15, 0.2) is 30.3 Å². The molecule has 0 atom stereocenters. The van der Waals surface area contributed by atoms with E-state index in [0.717, 1.165) is 23.2 Å². The van der Waals surface area contributed by atoms with Crippen molar-refractivity contribution in [2.24, 2.45) is 0 Å². The molecule has 0 bridgehead atoms. The molecule has 0 aliphatic heterocycles. The van der Waals surface area contributed by atoms with Crippen LogP contribution in [0, 0.1) is 18.3 Å². The SMILES string of the molecule is CCc1ccc(-c2nc(Cl)c(C#N)cc2C)cc1. The Hall–Kier alpha value is -1.85. The molecule has 0 saturated heterocycles. The van der Waals surface area contributed by atoms with Gasteiger partial charge >= 0.3 is 0 Å². The first-order valence-electron chi connectivity index (χ1n) is 5.82. The largest absolute Gasteiger partial charge is 0.234 e. The molecule has 0 fully saturated rings. The van der Waals surface area contributed by atoms with Crippen LogP contribution in [0.4, 0.5) is 0 Å². The van der Waals surface area contributed by atoms with Crippen LogP contribution < -0.4 is 0 Å². The quantitative estimate of drug-likeness (QED) is 0.757. The molecule has 0 aliphatic rings. The highest BCUT2D eigenvalue weighted by molar-refractivity contribution is 6.30. The molecule has 2 nitrogen and oxygen atoms in total. The maximum absolute atomic E-state index is 8.90. The first-order chi connectivity index (χ1) is 8.65. The Morgan fingerprint density at radius 1 is 1.28 bits per heavy atom. The maximum Gasteiger partial charge on any atom is 0.147 e. The molecular formula is C15H13ClN2. The van der Waals surface area contributed by atoms with Gasteiger partial charge in [0.2, 0.25) is 0 Å². The molecule has 0 spiro atoms. The second kappa shape index (κ2) is 5.20. The van der Waals surface area contributed by atoms with E-state index in [1.807, 2.05) is 25.1 Å². The van der Waals surface area contributed by atoms with Gasteiger partial charge in [0, 0.05) is 5.56 Å². The molecule has 0 N–H and O–H groups in total. The standard InChI is InChI=1S/C15H13ClN2/c1-3-11-4-6-12(7-5-11)14-10(2)8-13(9-17)15(16)18-14/h4-8H,3H2,1-2H3. The van der Waals surface area contributed by atoms with E-state index in [0.29, 0.717) is 5.56 Å². The molecule has 0 radical (unpaired) electrons. The summed E-state index contributed by atoms with van der Waals surface area (Å²) in [4.78, 5) is 4.31. The van der Waals surface area contributed by atoms with Crippen molar-refractivity contribution in [3.05, 3.63) is 52.2 Å². The first kappa shape index (κ1) is 12.6. The molecule has 3 heteroatoms. The van der Waals surface area contributed by atoms with E-state index in [2.05, 4.69) is 24.0 Å². The van der Waals surface area contributed by atoms with Crippen molar-refractivity contribution in [3.8, 4) is 17.3 Å².